The van der Waals surface area contributed by atoms with Crippen LogP contribution in [0.2, 0.25) is 0 Å². The van der Waals surface area contributed by atoms with Gasteiger partial charge in [-0.3, -0.25) is 0 Å². The zero-order chi connectivity index (χ0) is 11.7. The van der Waals surface area contributed by atoms with Crippen LogP contribution in [0.1, 0.15) is 43.8 Å². The minimum atomic E-state index is 0.554. The molecule has 0 aromatic carbocycles. The zero-order valence-electron chi connectivity index (χ0n) is 9.80. The molecule has 0 spiro atoms. The number of hydrogen-bond donors (Lipinski definition) is 1. The Morgan fingerprint density at radius 1 is 1.29 bits per heavy atom. The first-order chi connectivity index (χ1) is 8.38. The molecule has 17 heavy (non-hydrogen) atoms. The molecular formula is C11H17N5S. The number of fused-ring (bicyclic) bond motifs is 1. The fourth-order valence-corrected chi connectivity index (χ4v) is 3.36. The molecule has 0 atom stereocenters. The molecule has 1 aromatic heterocycles. The maximum Gasteiger partial charge on any atom is 0.212 e. The highest BCUT2D eigenvalue weighted by Gasteiger charge is 2.26. The van der Waals surface area contributed by atoms with Gasteiger partial charge in [-0.15, -0.1) is 10.2 Å². The molecule has 1 saturated carbocycles. The van der Waals surface area contributed by atoms with Crippen molar-refractivity contribution in [3.05, 3.63) is 5.82 Å². The van der Waals surface area contributed by atoms with E-state index < -0.39 is 0 Å². The zero-order valence-corrected chi connectivity index (χ0v) is 10.6. The van der Waals surface area contributed by atoms with Gasteiger partial charge in [-0.2, -0.15) is 9.78 Å². The number of hydrogen-bond acceptors (Lipinski definition) is 5. The van der Waals surface area contributed by atoms with Gasteiger partial charge in [0, 0.05) is 18.1 Å². The van der Waals surface area contributed by atoms with Crippen molar-refractivity contribution in [2.45, 2.75) is 43.2 Å². The highest BCUT2D eigenvalue weighted by atomic mass is 32.2. The lowest BCUT2D eigenvalue weighted by atomic mass is 10.1. The molecule has 3 rings (SSSR count). The second-order valence-corrected chi connectivity index (χ2v) is 5.57. The lowest BCUT2D eigenvalue weighted by Gasteiger charge is -2.15. The van der Waals surface area contributed by atoms with Crippen LogP contribution in [0.15, 0.2) is 10.3 Å². The Bertz CT molecular complexity index is 433. The summed E-state index contributed by atoms with van der Waals surface area (Å²) in [7, 11) is 0. The van der Waals surface area contributed by atoms with Gasteiger partial charge in [0.15, 0.2) is 5.82 Å². The Kier molecular flexibility index (Phi) is 3.15. The van der Waals surface area contributed by atoms with E-state index in [2.05, 4.69) is 15.3 Å². The van der Waals surface area contributed by atoms with Gasteiger partial charge in [0.05, 0.1) is 5.71 Å². The van der Waals surface area contributed by atoms with Gasteiger partial charge in [-0.1, -0.05) is 24.6 Å². The summed E-state index contributed by atoms with van der Waals surface area (Å²) in [6.45, 7) is 0.662. The van der Waals surface area contributed by atoms with Crippen LogP contribution in [-0.2, 0) is 0 Å². The minimum Gasteiger partial charge on any atom is -0.330 e. The highest BCUT2D eigenvalue weighted by Crippen LogP contribution is 2.35. The summed E-state index contributed by atoms with van der Waals surface area (Å²) >= 11 is 1.72. The number of aromatic nitrogens is 3. The fraction of sp³-hybridized carbons (Fsp3) is 0.727. The van der Waals surface area contributed by atoms with Crippen LogP contribution in [-0.4, -0.2) is 32.9 Å². The monoisotopic (exact) mass is 251 g/mol. The molecule has 6 heteroatoms. The lowest BCUT2D eigenvalue weighted by Crippen LogP contribution is -2.17. The molecular weight excluding hydrogens is 234 g/mol. The van der Waals surface area contributed by atoms with Crippen LogP contribution in [0.3, 0.4) is 0 Å². The van der Waals surface area contributed by atoms with Crippen LogP contribution in [0, 0.1) is 0 Å². The predicted octanol–water partition coefficient (Wildman–Crippen LogP) is 1.59. The fourth-order valence-electron chi connectivity index (χ4n) is 2.51. The third kappa shape index (κ3) is 2.11. The van der Waals surface area contributed by atoms with E-state index in [1.807, 2.05) is 4.68 Å². The van der Waals surface area contributed by atoms with Crippen molar-refractivity contribution in [1.29, 1.82) is 0 Å². The predicted molar refractivity (Wildman–Crippen MR) is 68.5 cm³/mol. The topological polar surface area (TPSA) is 69.1 Å². The summed E-state index contributed by atoms with van der Waals surface area (Å²) in [5.74, 6) is 2.51. The summed E-state index contributed by atoms with van der Waals surface area (Å²) in [6, 6.07) is 0. The van der Waals surface area contributed by atoms with Crippen molar-refractivity contribution < 1.29 is 0 Å². The lowest BCUT2D eigenvalue weighted by molar-refractivity contribution is 0.605. The van der Waals surface area contributed by atoms with Crippen molar-refractivity contribution in [1.82, 2.24) is 14.9 Å². The van der Waals surface area contributed by atoms with Crippen molar-refractivity contribution in [2.75, 3.05) is 12.3 Å². The number of thioether (sulfide) groups is 1. The van der Waals surface area contributed by atoms with E-state index in [4.69, 9.17) is 5.73 Å². The summed E-state index contributed by atoms with van der Waals surface area (Å²) in [5, 5.41) is 14.1. The summed E-state index contributed by atoms with van der Waals surface area (Å²) in [6.07, 6.45) is 5.93. The van der Waals surface area contributed by atoms with Gasteiger partial charge >= 0.3 is 0 Å². The number of rotatable bonds is 3. The van der Waals surface area contributed by atoms with E-state index in [1.54, 1.807) is 11.8 Å². The molecule has 2 aliphatic rings. The summed E-state index contributed by atoms with van der Waals surface area (Å²) < 4.78 is 1.95. The van der Waals surface area contributed by atoms with Gasteiger partial charge in [-0.05, 0) is 19.4 Å². The Balaban J connectivity index is 1.91. The molecule has 0 bridgehead atoms. The molecule has 0 amide bonds. The molecule has 1 aliphatic heterocycles. The first-order valence-electron chi connectivity index (χ1n) is 6.23. The van der Waals surface area contributed by atoms with E-state index >= 15 is 0 Å². The van der Waals surface area contributed by atoms with E-state index in [0.717, 1.165) is 28.9 Å². The van der Waals surface area contributed by atoms with Crippen molar-refractivity contribution in [3.8, 4) is 0 Å². The molecule has 0 radical (unpaired) electrons. The minimum absolute atomic E-state index is 0.554. The first-order valence-corrected chi connectivity index (χ1v) is 7.22. The largest absolute Gasteiger partial charge is 0.330 e. The number of nitrogens with two attached hydrogens (primary N) is 1. The van der Waals surface area contributed by atoms with Crippen molar-refractivity contribution >= 4 is 17.5 Å². The first kappa shape index (κ1) is 11.2. The average Bonchev–Trinajstić information content (AvgIpc) is 2.96. The standard InChI is InChI=1S/C11H17N5S/c12-6-5-9-7-17-11-14-13-10(16(11)15-9)8-3-1-2-4-8/h8H,1-7,12H2. The molecule has 5 nitrogen and oxygen atoms in total. The van der Waals surface area contributed by atoms with E-state index in [9.17, 15) is 0 Å². The molecule has 2 heterocycles. The van der Waals surface area contributed by atoms with E-state index in [0.29, 0.717) is 12.5 Å². The summed E-state index contributed by atoms with van der Waals surface area (Å²) in [4.78, 5) is 0. The Morgan fingerprint density at radius 2 is 2.12 bits per heavy atom. The van der Waals surface area contributed by atoms with Crippen LogP contribution in [0.25, 0.3) is 0 Å². The number of nitrogens with zero attached hydrogens (tertiary/aromatic N) is 4. The Labute approximate surface area is 105 Å². The molecule has 2 N–H and O–H groups in total. The molecule has 1 fully saturated rings. The molecule has 0 saturated heterocycles. The SMILES string of the molecule is NCCC1=Nn2c(nnc2C2CCCC2)SC1. The van der Waals surface area contributed by atoms with Gasteiger partial charge in [-0.25, -0.2) is 0 Å². The molecule has 1 aromatic rings. The van der Waals surface area contributed by atoms with Crippen LogP contribution >= 0.6 is 11.8 Å². The molecule has 0 unspecified atom stereocenters. The van der Waals surface area contributed by atoms with Gasteiger partial charge in [0.2, 0.25) is 5.16 Å². The van der Waals surface area contributed by atoms with E-state index in [-0.39, 0.29) is 0 Å². The maximum atomic E-state index is 5.58. The highest BCUT2D eigenvalue weighted by molar-refractivity contribution is 7.99. The van der Waals surface area contributed by atoms with Crippen molar-refractivity contribution in [3.63, 3.8) is 0 Å². The second-order valence-electron chi connectivity index (χ2n) is 4.63. The Morgan fingerprint density at radius 3 is 2.88 bits per heavy atom. The van der Waals surface area contributed by atoms with Gasteiger partial charge in [0.1, 0.15) is 0 Å². The van der Waals surface area contributed by atoms with Gasteiger partial charge in [0.25, 0.3) is 0 Å². The van der Waals surface area contributed by atoms with E-state index in [1.165, 1.54) is 25.7 Å². The third-order valence-corrected chi connectivity index (χ3v) is 4.39. The summed E-state index contributed by atoms with van der Waals surface area (Å²) in [5.41, 5.74) is 6.74. The molecule has 92 valence electrons. The normalized spacial score (nSPS) is 20.4. The Hall–Kier alpha value is -0.880. The maximum absolute atomic E-state index is 5.58. The van der Waals surface area contributed by atoms with Crippen LogP contribution in [0.5, 0.6) is 0 Å². The molecule has 1 aliphatic carbocycles. The average molecular weight is 251 g/mol. The van der Waals surface area contributed by atoms with Crippen LogP contribution in [0.4, 0.5) is 0 Å². The smallest absolute Gasteiger partial charge is 0.212 e. The van der Waals surface area contributed by atoms with Gasteiger partial charge < -0.3 is 5.73 Å². The third-order valence-electron chi connectivity index (χ3n) is 3.40. The van der Waals surface area contributed by atoms with Crippen LogP contribution < -0.4 is 5.73 Å². The van der Waals surface area contributed by atoms with Crippen molar-refractivity contribution in [2.24, 2.45) is 10.8 Å². The quantitative estimate of drug-likeness (QED) is 0.885. The second kappa shape index (κ2) is 4.78.